The summed E-state index contributed by atoms with van der Waals surface area (Å²) in [6.45, 7) is 40.1. The summed E-state index contributed by atoms with van der Waals surface area (Å²) in [6, 6.07) is 0. The first-order chi connectivity index (χ1) is 13.9. The molecule has 0 amide bonds. The van der Waals surface area contributed by atoms with Crippen LogP contribution >= 0.6 is 0 Å². The van der Waals surface area contributed by atoms with Crippen molar-refractivity contribution in [2.24, 2.45) is 10.5 Å². The van der Waals surface area contributed by atoms with Gasteiger partial charge in [0.25, 0.3) is 0 Å². The third-order valence-corrected chi connectivity index (χ3v) is 33.2. The zero-order valence-electron chi connectivity index (χ0n) is 24.6. The van der Waals surface area contributed by atoms with E-state index < -0.39 is 32.5 Å². The second-order valence-corrected chi connectivity index (χ2v) is 37.3. The van der Waals surface area contributed by atoms with Crippen molar-refractivity contribution in [1.29, 1.82) is 0 Å². The van der Waals surface area contributed by atoms with Crippen LogP contribution in [0.5, 0.6) is 0 Å². The minimum atomic E-state index is -1.72. The molecule has 0 fully saturated rings. The van der Waals surface area contributed by atoms with Gasteiger partial charge in [-0.3, -0.25) is 0 Å². The van der Waals surface area contributed by atoms with Crippen molar-refractivity contribution in [3.8, 4) is 0 Å². The molecule has 0 saturated heterocycles. The molecule has 0 aromatic rings. The van der Waals surface area contributed by atoms with Crippen LogP contribution in [0.15, 0.2) is 16.8 Å². The first-order valence-corrected chi connectivity index (χ1v) is 26.0. The lowest BCUT2D eigenvalue weighted by Gasteiger charge is -2.58. The maximum absolute atomic E-state index is 6.54. The highest BCUT2D eigenvalue weighted by Gasteiger charge is 2.60. The Morgan fingerprint density at radius 2 is 1.28 bits per heavy atom. The molecule has 0 radical (unpaired) electrons. The standard InChI is InChI=1S/C25H56N2OSi4/c1-23(2,3)32(15,16)28-20-21-17-18-22(24(4,5)19-21)26-27-25(29(6,7)8,30(9,10)11)31(12,13)14/h19,27H,17-18,20H2,1-16H3/b26-22+. The highest BCUT2D eigenvalue weighted by molar-refractivity contribution is 7.15. The van der Waals surface area contributed by atoms with Gasteiger partial charge in [-0.2, -0.15) is 5.10 Å². The molecule has 0 aromatic heterocycles. The van der Waals surface area contributed by atoms with Gasteiger partial charge in [0.15, 0.2) is 8.32 Å². The Balaban J connectivity index is 3.24. The second-order valence-electron chi connectivity index (χ2n) is 15.2. The van der Waals surface area contributed by atoms with Crippen molar-refractivity contribution in [2.75, 3.05) is 6.61 Å². The fourth-order valence-corrected chi connectivity index (χ4v) is 35.3. The molecule has 0 aliphatic heterocycles. The molecule has 32 heavy (non-hydrogen) atoms. The van der Waals surface area contributed by atoms with Gasteiger partial charge in [0.1, 0.15) is 0 Å². The van der Waals surface area contributed by atoms with E-state index in [2.05, 4.69) is 118 Å². The van der Waals surface area contributed by atoms with Crippen LogP contribution in [-0.2, 0) is 4.43 Å². The van der Waals surface area contributed by atoms with Crippen LogP contribution < -0.4 is 5.43 Å². The van der Waals surface area contributed by atoms with Gasteiger partial charge < -0.3 is 9.85 Å². The highest BCUT2D eigenvalue weighted by Crippen LogP contribution is 2.41. The lowest BCUT2D eigenvalue weighted by molar-refractivity contribution is 0.312. The van der Waals surface area contributed by atoms with Gasteiger partial charge in [-0.05, 0) is 36.5 Å². The summed E-state index contributed by atoms with van der Waals surface area (Å²) in [6.07, 6.45) is 4.55. The monoisotopic (exact) mass is 512 g/mol. The topological polar surface area (TPSA) is 33.6 Å². The zero-order valence-corrected chi connectivity index (χ0v) is 28.6. The van der Waals surface area contributed by atoms with E-state index in [0.717, 1.165) is 19.4 Å². The third kappa shape index (κ3) is 6.18. The summed E-state index contributed by atoms with van der Waals surface area (Å²) >= 11 is 0. The molecule has 0 aromatic carbocycles. The van der Waals surface area contributed by atoms with Crippen molar-refractivity contribution < 1.29 is 4.43 Å². The van der Waals surface area contributed by atoms with E-state index in [4.69, 9.17) is 9.53 Å². The number of nitrogens with one attached hydrogen (secondary N) is 1. The van der Waals surface area contributed by atoms with Crippen molar-refractivity contribution in [3.63, 3.8) is 0 Å². The average Bonchev–Trinajstić information content (AvgIpc) is 2.49. The van der Waals surface area contributed by atoms with E-state index in [0.29, 0.717) is 0 Å². The molecule has 1 aliphatic rings. The van der Waals surface area contributed by atoms with Gasteiger partial charge in [0.2, 0.25) is 0 Å². The van der Waals surface area contributed by atoms with Gasteiger partial charge in [0.05, 0.1) is 30.8 Å². The Bertz CT molecular complexity index is 691. The van der Waals surface area contributed by atoms with Crippen LogP contribution in [0.1, 0.15) is 47.5 Å². The van der Waals surface area contributed by atoms with Gasteiger partial charge in [0, 0.05) is 15.5 Å². The van der Waals surface area contributed by atoms with Crippen LogP contribution in [0.25, 0.3) is 0 Å². The highest BCUT2D eigenvalue weighted by atomic mass is 28.5. The van der Waals surface area contributed by atoms with E-state index >= 15 is 0 Å². The maximum atomic E-state index is 6.54. The van der Waals surface area contributed by atoms with Gasteiger partial charge >= 0.3 is 0 Å². The molecule has 1 rings (SSSR count). The van der Waals surface area contributed by atoms with Crippen molar-refractivity contribution in [3.05, 3.63) is 11.6 Å². The van der Waals surface area contributed by atoms with Crippen LogP contribution in [0.3, 0.4) is 0 Å². The quantitative estimate of drug-likeness (QED) is 0.202. The fourth-order valence-electron chi connectivity index (χ4n) is 6.10. The van der Waals surface area contributed by atoms with E-state index in [9.17, 15) is 0 Å². The number of hydrogen-bond donors (Lipinski definition) is 1. The summed E-state index contributed by atoms with van der Waals surface area (Å²) in [5.41, 5.74) is 6.72. The molecule has 1 N–H and O–H groups in total. The van der Waals surface area contributed by atoms with Gasteiger partial charge in [-0.15, -0.1) is 0 Å². The lowest BCUT2D eigenvalue weighted by Crippen LogP contribution is -2.83. The molecule has 0 saturated carbocycles. The molecule has 7 heteroatoms. The Morgan fingerprint density at radius 1 is 0.844 bits per heavy atom. The molecule has 0 atom stereocenters. The number of rotatable bonds is 8. The number of allylic oxidation sites excluding steroid dienone is 1. The Hall–Kier alpha value is 0.0375. The predicted octanol–water partition coefficient (Wildman–Crippen LogP) is 8.07. The van der Waals surface area contributed by atoms with E-state index in [1.54, 1.807) is 0 Å². The van der Waals surface area contributed by atoms with Crippen LogP contribution in [0.2, 0.25) is 77.1 Å². The summed E-state index contributed by atoms with van der Waals surface area (Å²) < 4.78 is 6.78. The van der Waals surface area contributed by atoms with Gasteiger partial charge in [-0.1, -0.05) is 99.6 Å². The molecule has 0 heterocycles. The first-order valence-electron chi connectivity index (χ1n) is 12.6. The maximum Gasteiger partial charge on any atom is 0.192 e. The number of nitrogens with zero attached hydrogens (tertiary/aromatic N) is 1. The summed E-state index contributed by atoms with van der Waals surface area (Å²) in [5.74, 6) is 0. The number of hydrazone groups is 1. The Kier molecular flexibility index (Phi) is 8.69. The van der Waals surface area contributed by atoms with Crippen molar-refractivity contribution in [1.82, 2.24) is 5.43 Å². The SMILES string of the molecule is CC1(C)C=C(CO[Si](C)(C)C(C)(C)C)CC/C1=N\NC([Si](C)(C)C)([Si](C)(C)C)[Si](C)(C)C. The van der Waals surface area contributed by atoms with E-state index in [1.165, 1.54) is 11.3 Å². The van der Waals surface area contributed by atoms with Gasteiger partial charge in [-0.25, -0.2) is 0 Å². The average molecular weight is 513 g/mol. The molecular formula is C25H56N2OSi4. The van der Waals surface area contributed by atoms with Crippen LogP contribution in [0.4, 0.5) is 0 Å². The summed E-state index contributed by atoms with van der Waals surface area (Å²) in [7, 11) is -6.31. The normalized spacial score (nSPS) is 20.4. The minimum Gasteiger partial charge on any atom is -0.413 e. The first kappa shape index (κ1) is 30.1. The molecule has 0 spiro atoms. The van der Waals surface area contributed by atoms with Crippen molar-refractivity contribution in [2.45, 2.75) is 129 Å². The largest absolute Gasteiger partial charge is 0.413 e. The molecule has 188 valence electrons. The fraction of sp³-hybridized carbons (Fsp3) is 0.880. The molecule has 1 aliphatic carbocycles. The van der Waals surface area contributed by atoms with Crippen LogP contribution in [-0.4, -0.2) is 49.3 Å². The predicted molar refractivity (Wildman–Crippen MR) is 158 cm³/mol. The molecular weight excluding hydrogens is 457 g/mol. The van der Waals surface area contributed by atoms with Crippen LogP contribution in [0, 0.1) is 5.41 Å². The zero-order chi connectivity index (χ0) is 25.6. The number of hydrogen-bond acceptors (Lipinski definition) is 3. The molecule has 0 unspecified atom stereocenters. The Morgan fingerprint density at radius 3 is 1.62 bits per heavy atom. The molecule has 0 bridgehead atoms. The second kappa shape index (κ2) is 9.24. The molecule has 3 nitrogen and oxygen atoms in total. The van der Waals surface area contributed by atoms with Crippen molar-refractivity contribution >= 4 is 38.3 Å². The summed E-state index contributed by atoms with van der Waals surface area (Å²) in [5, 5.41) is 5.54. The lowest BCUT2D eigenvalue weighted by atomic mass is 9.78. The minimum absolute atomic E-state index is 0.0264. The Labute approximate surface area is 205 Å². The smallest absolute Gasteiger partial charge is 0.192 e. The van der Waals surface area contributed by atoms with E-state index in [-0.39, 0.29) is 14.9 Å². The third-order valence-electron chi connectivity index (χ3n) is 8.15. The van der Waals surface area contributed by atoms with E-state index in [1.807, 2.05) is 0 Å². The summed E-state index contributed by atoms with van der Waals surface area (Å²) in [4.78, 5) is 0.